The molecule has 2 aromatic heterocycles. The van der Waals surface area contributed by atoms with Crippen LogP contribution in [0.1, 0.15) is 67.5 Å². The van der Waals surface area contributed by atoms with Crippen LogP contribution in [0.2, 0.25) is 10.0 Å². The molecule has 3 aromatic carbocycles. The quantitative estimate of drug-likeness (QED) is 0.168. The Labute approximate surface area is 254 Å². The zero-order chi connectivity index (χ0) is 30.0. The minimum absolute atomic E-state index is 0.240. The molecule has 8 nitrogen and oxygen atoms in total. The number of anilines is 2. The summed E-state index contributed by atoms with van der Waals surface area (Å²) in [5, 5.41) is 36.4. The first-order chi connectivity index (χ1) is 20.9. The Morgan fingerprint density at radius 2 is 1.81 bits per heavy atom. The summed E-state index contributed by atoms with van der Waals surface area (Å²) in [6.45, 7) is 0. The van der Waals surface area contributed by atoms with E-state index in [4.69, 9.17) is 23.2 Å². The Hall–Kier alpha value is -4.63. The summed E-state index contributed by atoms with van der Waals surface area (Å²) in [6.07, 6.45) is 6.22. The first-order valence-electron chi connectivity index (χ1n) is 14.1. The van der Waals surface area contributed by atoms with Crippen LogP contribution in [0.3, 0.4) is 0 Å². The van der Waals surface area contributed by atoms with Crippen LogP contribution in [-0.2, 0) is 0 Å². The number of hydrogen-bond donors (Lipinski definition) is 2. The van der Waals surface area contributed by atoms with Crippen molar-refractivity contribution >= 4 is 45.5 Å². The number of hydrogen-bond acceptors (Lipinski definition) is 7. The second kappa shape index (κ2) is 12.1. The lowest BCUT2D eigenvalue weighted by atomic mass is 10.00. The van der Waals surface area contributed by atoms with Crippen LogP contribution in [0.4, 0.5) is 11.4 Å². The monoisotopic (exact) mass is 593 g/mol. The van der Waals surface area contributed by atoms with Crippen molar-refractivity contribution < 1.29 is 1.37 Å². The molecule has 0 aliphatic heterocycles. The molecule has 10 heteroatoms. The van der Waals surface area contributed by atoms with Gasteiger partial charge in [0.1, 0.15) is 11.8 Å². The summed E-state index contributed by atoms with van der Waals surface area (Å²) in [6, 6.07) is 23.3. The van der Waals surface area contributed by atoms with Gasteiger partial charge in [-0.3, -0.25) is 4.98 Å². The van der Waals surface area contributed by atoms with E-state index >= 15 is 0 Å². The van der Waals surface area contributed by atoms with Gasteiger partial charge in [0.15, 0.2) is 0 Å². The first-order valence-corrected chi connectivity index (χ1v) is 14.3. The van der Waals surface area contributed by atoms with Gasteiger partial charge in [-0.25, -0.2) is 4.68 Å². The van der Waals surface area contributed by atoms with Gasteiger partial charge in [-0.2, -0.15) is 10.5 Å². The molecular formula is C32H26Cl2N8. The van der Waals surface area contributed by atoms with Crippen LogP contribution < -0.4 is 10.6 Å². The van der Waals surface area contributed by atoms with Crippen molar-refractivity contribution in [3.8, 4) is 12.1 Å². The number of nitrogens with one attached hydrogen (secondary N) is 2. The minimum Gasteiger partial charge on any atom is -0.377 e. The predicted molar refractivity (Wildman–Crippen MR) is 164 cm³/mol. The molecule has 2 unspecified atom stereocenters. The third-order valence-electron chi connectivity index (χ3n) is 7.20. The van der Waals surface area contributed by atoms with Crippen molar-refractivity contribution in [1.82, 2.24) is 20.0 Å². The van der Waals surface area contributed by atoms with Crippen molar-refractivity contribution in [2.45, 2.75) is 43.8 Å². The topological polar surface area (TPSA) is 115 Å². The number of nitriles is 2. The van der Waals surface area contributed by atoms with Gasteiger partial charge in [0.05, 0.1) is 53.5 Å². The number of benzene rings is 3. The highest BCUT2D eigenvalue weighted by Crippen LogP contribution is 2.38. The van der Waals surface area contributed by atoms with Gasteiger partial charge in [0, 0.05) is 28.7 Å². The van der Waals surface area contributed by atoms with E-state index in [2.05, 4.69) is 38.1 Å². The summed E-state index contributed by atoms with van der Waals surface area (Å²) < 4.78 is 11.5. The largest absolute Gasteiger partial charge is 0.377 e. The molecular weight excluding hydrogens is 567 g/mol. The number of rotatable bonds is 10. The van der Waals surface area contributed by atoms with E-state index in [-0.39, 0.29) is 6.04 Å². The molecule has 0 spiro atoms. The Bertz CT molecular complexity index is 1860. The molecule has 208 valence electrons. The Morgan fingerprint density at radius 1 is 1.02 bits per heavy atom. The molecule has 0 radical (unpaired) electrons. The molecule has 2 atom stereocenters. The summed E-state index contributed by atoms with van der Waals surface area (Å²) in [7, 11) is 0. The zero-order valence-corrected chi connectivity index (χ0v) is 23.9. The van der Waals surface area contributed by atoms with Crippen molar-refractivity contribution in [2.24, 2.45) is 0 Å². The second-order valence-corrected chi connectivity index (χ2v) is 11.0. The smallest absolute Gasteiger partial charge is 0.109 e. The fourth-order valence-corrected chi connectivity index (χ4v) is 5.31. The lowest BCUT2D eigenvalue weighted by molar-refractivity contribution is 0.610. The molecule has 2 N–H and O–H groups in total. The van der Waals surface area contributed by atoms with E-state index in [1.54, 1.807) is 41.2 Å². The van der Waals surface area contributed by atoms with E-state index in [0.717, 1.165) is 18.4 Å². The summed E-state index contributed by atoms with van der Waals surface area (Å²) in [5.74, 6) is 0. The van der Waals surface area contributed by atoms with Crippen molar-refractivity contribution in [3.05, 3.63) is 112 Å². The van der Waals surface area contributed by atoms with E-state index in [9.17, 15) is 11.9 Å². The number of fused-ring (bicyclic) bond motifs is 1. The van der Waals surface area contributed by atoms with Gasteiger partial charge in [-0.05, 0) is 54.7 Å². The standard InChI is InChI=1S/C32H26Cl2N8/c33-23-10-8-21(9-11-23)31(29-19-42(41-40-29)25-12-13-25)38-24-15-26-30(22(17-36)18-37-32(26)27(34)16-24)39-28(7-4-14-35)20-5-2-1-3-6-20/h1-3,5-6,8-11,15-16,18-19,25,28,31,38H,4,7,12-13H2,(H,37,39)/i31D. The molecule has 1 aliphatic rings. The van der Waals surface area contributed by atoms with Gasteiger partial charge < -0.3 is 10.6 Å². The molecule has 1 fully saturated rings. The van der Waals surface area contributed by atoms with Gasteiger partial charge in [0.2, 0.25) is 0 Å². The fraction of sp³-hybridized carbons (Fsp3) is 0.219. The van der Waals surface area contributed by atoms with E-state index in [1.165, 1.54) is 6.20 Å². The van der Waals surface area contributed by atoms with Gasteiger partial charge in [-0.1, -0.05) is 70.9 Å². The predicted octanol–water partition coefficient (Wildman–Crippen LogP) is 8.00. The Morgan fingerprint density at radius 3 is 2.52 bits per heavy atom. The zero-order valence-electron chi connectivity index (χ0n) is 23.4. The average molecular weight is 595 g/mol. The maximum Gasteiger partial charge on any atom is 0.109 e. The van der Waals surface area contributed by atoms with Gasteiger partial charge >= 0.3 is 0 Å². The Balaban J connectivity index is 1.45. The maximum absolute atomic E-state index is 10.0. The van der Waals surface area contributed by atoms with E-state index in [1.807, 2.05) is 36.4 Å². The van der Waals surface area contributed by atoms with Crippen LogP contribution >= 0.6 is 23.2 Å². The van der Waals surface area contributed by atoms with Crippen LogP contribution in [0.15, 0.2) is 79.1 Å². The van der Waals surface area contributed by atoms with Crippen LogP contribution in [0.25, 0.3) is 10.9 Å². The summed E-state index contributed by atoms with van der Waals surface area (Å²) in [4.78, 5) is 4.49. The maximum atomic E-state index is 10.0. The lowest BCUT2D eigenvalue weighted by Gasteiger charge is -2.23. The highest BCUT2D eigenvalue weighted by Gasteiger charge is 2.27. The van der Waals surface area contributed by atoms with Gasteiger partial charge in [0.25, 0.3) is 0 Å². The van der Waals surface area contributed by atoms with Crippen LogP contribution in [0, 0.1) is 22.7 Å². The normalized spacial score (nSPS) is 15.2. The van der Waals surface area contributed by atoms with Crippen LogP contribution in [0.5, 0.6) is 0 Å². The fourth-order valence-electron chi connectivity index (χ4n) is 4.92. The van der Waals surface area contributed by atoms with Crippen molar-refractivity contribution in [1.29, 1.82) is 10.5 Å². The SMILES string of the molecule is [2H]C(Nc1cc(Cl)c2ncc(C#N)c(NC(CCC#N)c3ccccc3)c2c1)(c1ccc(Cl)cc1)c1cn(C2CC2)nn1. The molecule has 0 bridgehead atoms. The molecule has 0 saturated heterocycles. The Kier molecular flexibility index (Phi) is 7.56. The minimum atomic E-state index is -1.54. The van der Waals surface area contributed by atoms with Crippen molar-refractivity contribution in [3.63, 3.8) is 0 Å². The summed E-state index contributed by atoms with van der Waals surface area (Å²) in [5.41, 5.74) is 3.92. The molecule has 1 aliphatic carbocycles. The van der Waals surface area contributed by atoms with Crippen LogP contribution in [-0.4, -0.2) is 20.0 Å². The van der Waals surface area contributed by atoms with E-state index in [0.29, 0.717) is 68.0 Å². The third-order valence-corrected chi connectivity index (χ3v) is 7.74. The highest BCUT2D eigenvalue weighted by atomic mass is 35.5. The molecule has 6 rings (SSSR count). The molecule has 0 amide bonds. The average Bonchev–Trinajstić information content (AvgIpc) is 3.75. The third kappa shape index (κ3) is 5.87. The number of halogens is 2. The number of aromatic nitrogens is 4. The molecule has 1 saturated carbocycles. The highest BCUT2D eigenvalue weighted by molar-refractivity contribution is 6.36. The van der Waals surface area contributed by atoms with Gasteiger partial charge in [-0.15, -0.1) is 5.10 Å². The number of nitrogens with zero attached hydrogens (tertiary/aromatic N) is 6. The molecule has 2 heterocycles. The second-order valence-electron chi connectivity index (χ2n) is 10.1. The molecule has 5 aromatic rings. The number of pyridine rings is 1. The lowest BCUT2D eigenvalue weighted by Crippen LogP contribution is -2.14. The molecule has 42 heavy (non-hydrogen) atoms. The van der Waals surface area contributed by atoms with Crippen molar-refractivity contribution in [2.75, 3.05) is 10.6 Å². The summed E-state index contributed by atoms with van der Waals surface area (Å²) >= 11 is 13.0. The first kappa shape index (κ1) is 26.3. The van der Waals surface area contributed by atoms with E-state index < -0.39 is 6.02 Å².